The van der Waals surface area contributed by atoms with Gasteiger partial charge in [0.1, 0.15) is 5.82 Å². The van der Waals surface area contributed by atoms with Crippen LogP contribution in [0.5, 0.6) is 0 Å². The van der Waals surface area contributed by atoms with Gasteiger partial charge in [0.2, 0.25) is 11.9 Å². The van der Waals surface area contributed by atoms with Crippen LogP contribution in [0.25, 0.3) is 21.9 Å². The molecule has 2 atom stereocenters. The van der Waals surface area contributed by atoms with Crippen molar-refractivity contribution in [2.75, 3.05) is 11.1 Å². The minimum absolute atomic E-state index is 0.0272. The van der Waals surface area contributed by atoms with E-state index in [1.807, 2.05) is 25.1 Å². The minimum Gasteiger partial charge on any atom is -0.383 e. The van der Waals surface area contributed by atoms with Crippen LogP contribution in [0.3, 0.4) is 0 Å². The van der Waals surface area contributed by atoms with Crippen molar-refractivity contribution >= 4 is 28.4 Å². The van der Waals surface area contributed by atoms with Crippen LogP contribution in [0.1, 0.15) is 47.6 Å². The summed E-state index contributed by atoms with van der Waals surface area (Å²) in [5.74, 6) is 0.858. The fourth-order valence-electron chi connectivity index (χ4n) is 5.27. The average molecular weight is 452 g/mol. The molecule has 0 radical (unpaired) electrons. The molecule has 172 valence electrons. The lowest BCUT2D eigenvalue weighted by atomic mass is 9.84. The van der Waals surface area contributed by atoms with Crippen LogP contribution in [0.4, 0.5) is 11.8 Å². The number of hydrogen-bond donors (Lipinski definition) is 2. The van der Waals surface area contributed by atoms with Crippen LogP contribution in [-0.4, -0.2) is 20.9 Å². The third-order valence-corrected chi connectivity index (χ3v) is 6.97. The van der Waals surface area contributed by atoms with Gasteiger partial charge in [-0.2, -0.15) is 0 Å². The highest BCUT2D eigenvalue weighted by Crippen LogP contribution is 2.42. The number of nitrogens with two attached hydrogens (primary N) is 1. The Morgan fingerprint density at radius 3 is 2.53 bits per heavy atom. The molecule has 5 rings (SSSR count). The van der Waals surface area contributed by atoms with Gasteiger partial charge in [-0.25, -0.2) is 15.0 Å². The van der Waals surface area contributed by atoms with Crippen LogP contribution < -0.4 is 11.1 Å². The van der Waals surface area contributed by atoms with Crippen LogP contribution in [0, 0.1) is 26.7 Å². The van der Waals surface area contributed by atoms with E-state index >= 15 is 0 Å². The van der Waals surface area contributed by atoms with Crippen LogP contribution >= 0.6 is 0 Å². The van der Waals surface area contributed by atoms with E-state index < -0.39 is 0 Å². The Balaban J connectivity index is 1.37. The molecule has 2 unspecified atom stereocenters. The number of benzene rings is 2. The van der Waals surface area contributed by atoms with Gasteiger partial charge < -0.3 is 5.73 Å². The highest BCUT2D eigenvalue weighted by atomic mass is 16.2. The summed E-state index contributed by atoms with van der Waals surface area (Å²) in [7, 11) is 0. The molecule has 0 bridgehead atoms. The zero-order valence-corrected chi connectivity index (χ0v) is 19.8. The van der Waals surface area contributed by atoms with Crippen molar-refractivity contribution < 1.29 is 4.79 Å². The number of rotatable bonds is 4. The van der Waals surface area contributed by atoms with E-state index in [1.165, 1.54) is 11.1 Å². The lowest BCUT2D eigenvalue weighted by Crippen LogP contribution is -2.26. The summed E-state index contributed by atoms with van der Waals surface area (Å²) in [6.45, 7) is 6.12. The Hall–Kier alpha value is -3.80. The Morgan fingerprint density at radius 1 is 1.00 bits per heavy atom. The van der Waals surface area contributed by atoms with Gasteiger partial charge in [-0.15, -0.1) is 0 Å². The van der Waals surface area contributed by atoms with Crippen molar-refractivity contribution in [3.8, 4) is 11.1 Å². The zero-order chi connectivity index (χ0) is 23.8. The monoisotopic (exact) mass is 451 g/mol. The van der Waals surface area contributed by atoms with E-state index in [1.54, 1.807) is 12.4 Å². The molecule has 1 amide bonds. The maximum atomic E-state index is 13.3. The van der Waals surface area contributed by atoms with Crippen molar-refractivity contribution in [1.82, 2.24) is 15.0 Å². The zero-order valence-electron chi connectivity index (χ0n) is 19.8. The molecule has 1 aliphatic carbocycles. The summed E-state index contributed by atoms with van der Waals surface area (Å²) < 4.78 is 0. The molecule has 2 aromatic carbocycles. The molecular weight excluding hydrogens is 422 g/mol. The van der Waals surface area contributed by atoms with Gasteiger partial charge in [-0.1, -0.05) is 36.8 Å². The Morgan fingerprint density at radius 2 is 1.76 bits per heavy atom. The van der Waals surface area contributed by atoms with Gasteiger partial charge >= 0.3 is 0 Å². The Bertz CT molecular complexity index is 1380. The average Bonchev–Trinajstić information content (AvgIpc) is 3.29. The number of amides is 1. The molecule has 6 heteroatoms. The van der Waals surface area contributed by atoms with Crippen LogP contribution in [0.15, 0.2) is 54.9 Å². The fourth-order valence-corrected chi connectivity index (χ4v) is 5.27. The number of nitrogens with one attached hydrogen (secondary N) is 1. The van der Waals surface area contributed by atoms with Crippen LogP contribution in [-0.2, 0) is 4.79 Å². The summed E-state index contributed by atoms with van der Waals surface area (Å²) in [4.78, 5) is 26.5. The smallest absolute Gasteiger partial charge is 0.230 e. The molecule has 3 N–H and O–H groups in total. The molecule has 2 aromatic heterocycles. The van der Waals surface area contributed by atoms with Crippen molar-refractivity contribution in [3.05, 3.63) is 77.2 Å². The topological polar surface area (TPSA) is 93.8 Å². The van der Waals surface area contributed by atoms with E-state index in [0.717, 1.165) is 52.4 Å². The molecular formula is C28H29N5O. The molecule has 1 fully saturated rings. The van der Waals surface area contributed by atoms with Crippen molar-refractivity contribution in [2.45, 2.75) is 46.0 Å². The number of aryl methyl sites for hydroxylation is 3. The second kappa shape index (κ2) is 8.86. The number of aromatic nitrogens is 3. The first-order chi connectivity index (χ1) is 16.4. The van der Waals surface area contributed by atoms with Gasteiger partial charge in [0.05, 0.1) is 0 Å². The Kier molecular flexibility index (Phi) is 5.74. The normalized spacial score (nSPS) is 17.7. The lowest BCUT2D eigenvalue weighted by Gasteiger charge is -2.22. The molecule has 4 aromatic rings. The summed E-state index contributed by atoms with van der Waals surface area (Å²) >= 11 is 0. The molecule has 1 aliphatic rings. The summed E-state index contributed by atoms with van der Waals surface area (Å²) in [5, 5.41) is 5.00. The largest absolute Gasteiger partial charge is 0.383 e. The summed E-state index contributed by atoms with van der Waals surface area (Å²) in [6, 6.07) is 14.5. The molecule has 1 saturated carbocycles. The number of anilines is 2. The third kappa shape index (κ3) is 4.12. The fraction of sp³-hybridized carbons (Fsp3) is 0.286. The van der Waals surface area contributed by atoms with E-state index in [-0.39, 0.29) is 17.7 Å². The Labute approximate surface area is 199 Å². The van der Waals surface area contributed by atoms with Crippen LogP contribution in [0.2, 0.25) is 0 Å². The standard InChI is InChI=1S/C28H29N5O/c1-16-7-4-5-8-21(16)20-14-30-28(31-15-20)33-27(34)23-10-6-9-22(23)24-13-25-19(11-17(24)2)12-18(3)32-26(25)29/h4-5,7-8,11-15,22-23H,6,9-10H2,1-3H3,(H2,29,32)(H,30,31,33,34). The first kappa shape index (κ1) is 22.0. The highest BCUT2D eigenvalue weighted by molar-refractivity contribution is 5.94. The van der Waals surface area contributed by atoms with E-state index in [2.05, 4.69) is 58.4 Å². The van der Waals surface area contributed by atoms with Crippen molar-refractivity contribution in [2.24, 2.45) is 5.92 Å². The molecule has 34 heavy (non-hydrogen) atoms. The number of nitrogen functional groups attached to an aromatic ring is 1. The number of nitrogens with zero attached hydrogens (tertiary/aromatic N) is 3. The van der Waals surface area contributed by atoms with E-state index in [9.17, 15) is 4.79 Å². The molecule has 2 heterocycles. The third-order valence-electron chi connectivity index (χ3n) is 6.97. The number of hydrogen-bond acceptors (Lipinski definition) is 5. The number of carbonyl (C=O) groups is 1. The highest BCUT2D eigenvalue weighted by Gasteiger charge is 2.35. The minimum atomic E-state index is -0.129. The predicted molar refractivity (Wildman–Crippen MR) is 137 cm³/mol. The number of carbonyl (C=O) groups excluding carboxylic acids is 1. The summed E-state index contributed by atoms with van der Waals surface area (Å²) in [5.41, 5.74) is 12.7. The van der Waals surface area contributed by atoms with Gasteiger partial charge in [-0.05, 0) is 79.3 Å². The predicted octanol–water partition coefficient (Wildman–Crippen LogP) is 5.72. The lowest BCUT2D eigenvalue weighted by molar-refractivity contribution is -0.120. The first-order valence-corrected chi connectivity index (χ1v) is 11.8. The maximum absolute atomic E-state index is 13.3. The first-order valence-electron chi connectivity index (χ1n) is 11.8. The second-order valence-corrected chi connectivity index (χ2v) is 9.32. The molecule has 6 nitrogen and oxygen atoms in total. The molecule has 0 saturated heterocycles. The quantitative estimate of drug-likeness (QED) is 0.414. The number of fused-ring (bicyclic) bond motifs is 1. The number of pyridine rings is 1. The maximum Gasteiger partial charge on any atom is 0.230 e. The van der Waals surface area contributed by atoms with E-state index in [0.29, 0.717) is 11.8 Å². The van der Waals surface area contributed by atoms with Gasteiger partial charge in [-0.3, -0.25) is 10.1 Å². The second-order valence-electron chi connectivity index (χ2n) is 9.32. The summed E-state index contributed by atoms with van der Waals surface area (Å²) in [6.07, 6.45) is 6.35. The van der Waals surface area contributed by atoms with Crippen molar-refractivity contribution in [1.29, 1.82) is 0 Å². The molecule has 0 aliphatic heterocycles. The van der Waals surface area contributed by atoms with Gasteiger partial charge in [0.15, 0.2) is 0 Å². The van der Waals surface area contributed by atoms with Crippen molar-refractivity contribution in [3.63, 3.8) is 0 Å². The van der Waals surface area contributed by atoms with Gasteiger partial charge in [0, 0.05) is 35.0 Å². The molecule has 0 spiro atoms. The van der Waals surface area contributed by atoms with E-state index in [4.69, 9.17) is 5.73 Å². The SMILES string of the molecule is Cc1cc2cc(C)c(C3CCCC3C(=O)Nc3ncc(-c4ccccc4C)cn3)cc2c(N)n1. The van der Waals surface area contributed by atoms with Gasteiger partial charge in [0.25, 0.3) is 0 Å².